The van der Waals surface area contributed by atoms with E-state index < -0.39 is 6.92 Å². The average Bonchev–Trinajstić information content (AvgIpc) is 2.48. The Morgan fingerprint density at radius 1 is 1.79 bits per heavy atom. The fraction of sp³-hybridized carbons (Fsp3) is 0.750. The van der Waals surface area contributed by atoms with Crippen molar-refractivity contribution >= 4 is 12.9 Å². The second-order valence-electron chi connectivity index (χ2n) is 3.34. The Balaban J connectivity index is 2.57. The zero-order chi connectivity index (χ0) is 10.6. The number of nitriles is 1. The molecule has 1 heterocycles. The molecular weight excluding hydrogens is 183 g/mol. The molecule has 0 bridgehead atoms. The molecule has 0 radical (unpaired) electrons. The van der Waals surface area contributed by atoms with E-state index in [0.29, 0.717) is 19.3 Å². The van der Waals surface area contributed by atoms with Gasteiger partial charge in [0.05, 0.1) is 12.4 Å². The van der Waals surface area contributed by atoms with Crippen LogP contribution in [0.4, 0.5) is 0 Å². The van der Waals surface area contributed by atoms with Crippen LogP contribution in [0, 0.1) is 11.5 Å². The van der Waals surface area contributed by atoms with Gasteiger partial charge in [0, 0.05) is 6.04 Å². The third kappa shape index (κ3) is 2.39. The number of rotatable bonds is 3. The van der Waals surface area contributed by atoms with E-state index in [9.17, 15) is 4.79 Å². The minimum atomic E-state index is -0.408. The molecule has 14 heavy (non-hydrogen) atoms. The molecule has 5 nitrogen and oxygen atoms in total. The molecule has 1 fully saturated rings. The van der Waals surface area contributed by atoms with Gasteiger partial charge in [-0.25, -0.2) is 0 Å². The summed E-state index contributed by atoms with van der Waals surface area (Å²) < 4.78 is 9.64. The lowest BCUT2D eigenvalue weighted by Gasteiger charge is -2.11. The van der Waals surface area contributed by atoms with Gasteiger partial charge in [-0.1, -0.05) is 0 Å². The molecule has 76 valence electrons. The third-order valence-corrected chi connectivity index (χ3v) is 2.33. The van der Waals surface area contributed by atoms with Gasteiger partial charge in [-0.3, -0.25) is 4.79 Å². The summed E-state index contributed by atoms with van der Waals surface area (Å²) in [4.78, 5) is 11.4. The number of carbonyl (C=O) groups is 1. The number of carbonyl (C=O) groups excluding carboxylic acids is 1. The molecule has 0 aliphatic carbocycles. The van der Waals surface area contributed by atoms with Crippen molar-refractivity contribution in [1.82, 2.24) is 0 Å². The largest absolute Gasteiger partial charge is 0.497 e. The van der Waals surface area contributed by atoms with Crippen molar-refractivity contribution < 1.29 is 14.2 Å². The molecule has 1 saturated heterocycles. The van der Waals surface area contributed by atoms with Crippen LogP contribution in [0.15, 0.2) is 0 Å². The lowest BCUT2D eigenvalue weighted by molar-refractivity contribution is -0.143. The van der Waals surface area contributed by atoms with Crippen LogP contribution in [0.25, 0.3) is 0 Å². The second kappa shape index (κ2) is 4.87. The van der Waals surface area contributed by atoms with E-state index in [1.165, 1.54) is 0 Å². The Morgan fingerprint density at radius 3 is 3.07 bits per heavy atom. The highest BCUT2D eigenvalue weighted by molar-refractivity contribution is 6.59. The summed E-state index contributed by atoms with van der Waals surface area (Å²) in [7, 11) is 0. The van der Waals surface area contributed by atoms with Gasteiger partial charge in [-0.2, -0.15) is 5.26 Å². The van der Waals surface area contributed by atoms with Crippen molar-refractivity contribution in [3.8, 4) is 6.26 Å². The summed E-state index contributed by atoms with van der Waals surface area (Å²) in [6, 6.07) is -0.0808. The summed E-state index contributed by atoms with van der Waals surface area (Å²) >= 11 is 0. The number of hydrogen-bond donors (Lipinski definition) is 1. The fourth-order valence-electron chi connectivity index (χ4n) is 1.73. The number of hydrogen-bond acceptors (Lipinski definition) is 5. The van der Waals surface area contributed by atoms with E-state index in [1.807, 2.05) is 0 Å². The molecule has 0 aromatic heterocycles. The van der Waals surface area contributed by atoms with Gasteiger partial charge in [0.15, 0.2) is 0 Å². The van der Waals surface area contributed by atoms with Crippen LogP contribution in [0.2, 0.25) is 12.1 Å². The van der Waals surface area contributed by atoms with Crippen LogP contribution in [-0.4, -0.2) is 25.5 Å². The molecule has 1 aliphatic heterocycles. The quantitative estimate of drug-likeness (QED) is 0.394. The number of ether oxygens (including phenoxy) is 1. The fourth-order valence-corrected chi connectivity index (χ4v) is 1.73. The Labute approximate surface area is 83.3 Å². The van der Waals surface area contributed by atoms with Crippen molar-refractivity contribution in [3.63, 3.8) is 0 Å². The van der Waals surface area contributed by atoms with Crippen LogP contribution in [0.5, 0.6) is 0 Å². The molecule has 0 aromatic rings. The summed E-state index contributed by atoms with van der Waals surface area (Å²) in [6.07, 6.45) is 2.67. The molecule has 6 heteroatoms. The normalized spacial score (nSPS) is 25.6. The maximum absolute atomic E-state index is 11.4. The molecule has 2 atom stereocenters. The summed E-state index contributed by atoms with van der Waals surface area (Å²) in [5, 5.41) is 8.38. The molecule has 2 N–H and O–H groups in total. The van der Waals surface area contributed by atoms with Gasteiger partial charge in [0.2, 0.25) is 0 Å². The van der Waals surface area contributed by atoms with E-state index in [0.717, 1.165) is 0 Å². The molecule has 0 amide bonds. The predicted molar refractivity (Wildman–Crippen MR) is 50.2 cm³/mol. The monoisotopic (exact) mass is 196 g/mol. The Hall–Kier alpha value is -1.22. The molecule has 0 saturated carbocycles. The second-order valence-corrected chi connectivity index (χ2v) is 3.34. The lowest BCUT2D eigenvalue weighted by atomic mass is 9.58. The summed E-state index contributed by atoms with van der Waals surface area (Å²) in [5.74, 6) is -0.703. The first-order valence-electron chi connectivity index (χ1n) is 4.66. The van der Waals surface area contributed by atoms with Crippen LogP contribution in [0.3, 0.4) is 0 Å². The highest BCUT2D eigenvalue weighted by atomic mass is 16.5. The number of esters is 1. The number of nitrogens with two attached hydrogens (primary N) is 1. The first-order chi connectivity index (χ1) is 6.69. The topological polar surface area (TPSA) is 85.3 Å². The highest BCUT2D eigenvalue weighted by Gasteiger charge is 2.44. The summed E-state index contributed by atoms with van der Waals surface area (Å²) in [5.41, 5.74) is 5.68. The van der Waals surface area contributed by atoms with E-state index >= 15 is 0 Å². The maximum atomic E-state index is 11.4. The van der Waals surface area contributed by atoms with Crippen molar-refractivity contribution in [3.05, 3.63) is 0 Å². The van der Waals surface area contributed by atoms with Crippen molar-refractivity contribution in [1.29, 1.82) is 5.26 Å². The Morgan fingerprint density at radius 2 is 2.50 bits per heavy atom. The molecule has 1 rings (SSSR count). The Bertz CT molecular complexity index is 253. The van der Waals surface area contributed by atoms with Gasteiger partial charge in [-0.15, -0.1) is 0 Å². The van der Waals surface area contributed by atoms with Crippen LogP contribution in [-0.2, 0) is 14.2 Å². The SMILES string of the molecule is CCOC(=O)[C@@H]1C[C@@H](N)CB1OC#N. The van der Waals surface area contributed by atoms with Crippen LogP contribution in [0.1, 0.15) is 13.3 Å². The highest BCUT2D eigenvalue weighted by Crippen LogP contribution is 2.31. The van der Waals surface area contributed by atoms with Crippen molar-refractivity contribution in [2.45, 2.75) is 31.5 Å². The Kier molecular flexibility index (Phi) is 3.78. The zero-order valence-electron chi connectivity index (χ0n) is 8.10. The minimum Gasteiger partial charge on any atom is -0.497 e. The summed E-state index contributed by atoms with van der Waals surface area (Å²) in [6.45, 7) is 1.67. The van der Waals surface area contributed by atoms with E-state index in [4.69, 9.17) is 20.4 Å². The standard InChI is InChI=1S/C8H13BN2O3/c1-2-13-8(12)7-3-6(11)4-9(7)14-5-10/h6-7H,2-4,11H2,1H3/t6-,7+/m1/s1. The van der Waals surface area contributed by atoms with Gasteiger partial charge in [0.1, 0.15) is 0 Å². The van der Waals surface area contributed by atoms with Gasteiger partial charge < -0.3 is 15.1 Å². The minimum absolute atomic E-state index is 0.0808. The molecule has 0 unspecified atom stereocenters. The maximum Gasteiger partial charge on any atom is 0.389 e. The van der Waals surface area contributed by atoms with E-state index in [2.05, 4.69) is 0 Å². The molecule has 1 aliphatic rings. The zero-order valence-corrected chi connectivity index (χ0v) is 8.10. The van der Waals surface area contributed by atoms with Crippen molar-refractivity contribution in [2.24, 2.45) is 5.73 Å². The van der Waals surface area contributed by atoms with Gasteiger partial charge in [0.25, 0.3) is 6.26 Å². The van der Waals surface area contributed by atoms with Crippen molar-refractivity contribution in [2.75, 3.05) is 6.61 Å². The predicted octanol–water partition coefficient (Wildman–Crippen LogP) is 0.140. The van der Waals surface area contributed by atoms with Crippen LogP contribution >= 0.6 is 0 Å². The van der Waals surface area contributed by atoms with Gasteiger partial charge >= 0.3 is 12.9 Å². The molecular formula is C8H13BN2O3. The first-order valence-corrected chi connectivity index (χ1v) is 4.66. The average molecular weight is 196 g/mol. The van der Waals surface area contributed by atoms with E-state index in [1.54, 1.807) is 13.2 Å². The lowest BCUT2D eigenvalue weighted by Crippen LogP contribution is -2.25. The first kappa shape index (κ1) is 10.9. The smallest absolute Gasteiger partial charge is 0.389 e. The van der Waals surface area contributed by atoms with E-state index in [-0.39, 0.29) is 17.8 Å². The van der Waals surface area contributed by atoms with Gasteiger partial charge in [-0.05, 0) is 19.7 Å². The molecule has 0 spiro atoms. The third-order valence-electron chi connectivity index (χ3n) is 2.33. The number of nitrogens with zero attached hydrogens (tertiary/aromatic N) is 1. The molecule has 0 aromatic carbocycles. The van der Waals surface area contributed by atoms with Crippen LogP contribution < -0.4 is 5.73 Å².